The maximum Gasteiger partial charge on any atom is 0.307 e. The number of amidine groups is 1. The minimum atomic E-state index is -0.582. The molecule has 5 nitrogen and oxygen atoms in total. The van der Waals surface area contributed by atoms with Crippen LogP contribution in [0, 0.1) is 12.7 Å². The highest BCUT2D eigenvalue weighted by Gasteiger charge is 2.37. The van der Waals surface area contributed by atoms with Crippen LogP contribution >= 0.6 is 0 Å². The number of carbonyl (C=O) groups is 1. The summed E-state index contributed by atoms with van der Waals surface area (Å²) in [6.07, 6.45) is -0.00372. The number of fused-ring (bicyclic) bond motifs is 1. The van der Waals surface area contributed by atoms with E-state index in [2.05, 4.69) is 52.0 Å². The van der Waals surface area contributed by atoms with Gasteiger partial charge in [-0.1, -0.05) is 93.1 Å². The van der Waals surface area contributed by atoms with Crippen LogP contribution in [0.3, 0.4) is 0 Å². The Labute approximate surface area is 241 Å². The van der Waals surface area contributed by atoms with Crippen molar-refractivity contribution in [3.8, 4) is 16.9 Å². The Morgan fingerprint density at radius 2 is 1.61 bits per heavy atom. The number of benzene rings is 4. The first-order chi connectivity index (χ1) is 19.6. The summed E-state index contributed by atoms with van der Waals surface area (Å²) in [4.78, 5) is 19.7. The van der Waals surface area contributed by atoms with Crippen molar-refractivity contribution < 1.29 is 18.7 Å². The van der Waals surface area contributed by atoms with Crippen LogP contribution in [0.15, 0.2) is 89.9 Å². The normalized spacial score (nSPS) is 14.8. The zero-order valence-corrected chi connectivity index (χ0v) is 24.4. The lowest BCUT2D eigenvalue weighted by Gasteiger charge is -2.39. The van der Waals surface area contributed by atoms with E-state index in [4.69, 9.17) is 14.5 Å². The zero-order chi connectivity index (χ0) is 29.3. The van der Waals surface area contributed by atoms with Crippen molar-refractivity contribution in [3.63, 3.8) is 0 Å². The van der Waals surface area contributed by atoms with Gasteiger partial charge < -0.3 is 14.4 Å². The molecule has 4 aromatic rings. The Morgan fingerprint density at radius 1 is 0.902 bits per heavy atom. The molecule has 41 heavy (non-hydrogen) atoms. The number of hydrogen-bond acceptors (Lipinski definition) is 5. The largest absolute Gasteiger partial charge is 0.495 e. The van der Waals surface area contributed by atoms with E-state index in [1.807, 2.05) is 53.4 Å². The number of hydrogen-bond donors (Lipinski definition) is 0. The molecule has 0 bridgehead atoms. The van der Waals surface area contributed by atoms with Gasteiger partial charge in [0.15, 0.2) is 0 Å². The number of esters is 1. The van der Waals surface area contributed by atoms with Crippen LogP contribution in [0.25, 0.3) is 11.1 Å². The van der Waals surface area contributed by atoms with Crippen LogP contribution in [0.4, 0.5) is 15.8 Å². The van der Waals surface area contributed by atoms with Crippen molar-refractivity contribution in [1.29, 1.82) is 0 Å². The molecule has 0 radical (unpaired) electrons. The molecule has 210 valence electrons. The Bertz CT molecular complexity index is 1620. The number of methoxy groups -OCH3 is 2. The van der Waals surface area contributed by atoms with Gasteiger partial charge in [-0.3, -0.25) is 4.79 Å². The van der Waals surface area contributed by atoms with Gasteiger partial charge in [-0.25, -0.2) is 9.38 Å². The van der Waals surface area contributed by atoms with Gasteiger partial charge in [0, 0.05) is 11.1 Å². The van der Waals surface area contributed by atoms with Gasteiger partial charge in [-0.05, 0) is 47.2 Å². The maximum absolute atomic E-state index is 15.3. The molecule has 0 spiro atoms. The highest BCUT2D eigenvalue weighted by Crippen LogP contribution is 2.46. The smallest absolute Gasteiger partial charge is 0.307 e. The second-order valence-electron chi connectivity index (χ2n) is 11.4. The summed E-state index contributed by atoms with van der Waals surface area (Å²) in [5.41, 5.74) is 6.65. The molecule has 6 heteroatoms. The van der Waals surface area contributed by atoms with Crippen molar-refractivity contribution in [1.82, 2.24) is 0 Å². The summed E-state index contributed by atoms with van der Waals surface area (Å²) in [6, 6.07) is 26.7. The predicted molar refractivity (Wildman–Crippen MR) is 163 cm³/mol. The van der Waals surface area contributed by atoms with E-state index in [-0.39, 0.29) is 17.5 Å². The number of aryl methyl sites for hydroxylation is 1. The standard InChI is InChI=1S/C35H35FN2O3/c1-22-9-7-10-25(19-22)23-13-15-24(16-14-23)34-37-33-27(11-8-12-28(33)36)29(21-32(39)41-6)38(34)30-20-26(35(2,3)4)17-18-31(30)40-5/h7-20,29H,21H2,1-6H3. The molecule has 0 saturated heterocycles. The molecular weight excluding hydrogens is 515 g/mol. The first kappa shape index (κ1) is 28.1. The number of rotatable bonds is 6. The van der Waals surface area contributed by atoms with E-state index in [0.29, 0.717) is 17.1 Å². The third kappa shape index (κ3) is 5.60. The SMILES string of the molecule is COC(=O)CC1c2cccc(F)c2N=C(c2ccc(-c3cccc(C)c3)cc2)N1c1cc(C(C)(C)C)ccc1OC. The molecule has 0 aliphatic carbocycles. The third-order valence-corrected chi connectivity index (χ3v) is 7.52. The molecular formula is C35H35FN2O3. The summed E-state index contributed by atoms with van der Waals surface area (Å²) in [7, 11) is 2.98. The number of aliphatic imine (C=N–C) groups is 1. The molecule has 0 aromatic heterocycles. The van der Waals surface area contributed by atoms with E-state index < -0.39 is 17.8 Å². The van der Waals surface area contributed by atoms with Crippen molar-refractivity contribution in [2.45, 2.75) is 45.6 Å². The van der Waals surface area contributed by atoms with Crippen molar-refractivity contribution >= 4 is 23.2 Å². The fraction of sp³-hybridized carbons (Fsp3) is 0.257. The minimum Gasteiger partial charge on any atom is -0.495 e. The van der Waals surface area contributed by atoms with Crippen LogP contribution in [-0.2, 0) is 14.9 Å². The lowest BCUT2D eigenvalue weighted by Crippen LogP contribution is -2.39. The number of anilines is 1. The third-order valence-electron chi connectivity index (χ3n) is 7.52. The van der Waals surface area contributed by atoms with E-state index in [1.165, 1.54) is 18.7 Å². The molecule has 0 fully saturated rings. The monoisotopic (exact) mass is 550 g/mol. The second-order valence-corrected chi connectivity index (χ2v) is 11.4. The van der Waals surface area contributed by atoms with E-state index in [9.17, 15) is 4.79 Å². The summed E-state index contributed by atoms with van der Waals surface area (Å²) < 4.78 is 26.3. The van der Waals surface area contributed by atoms with Crippen LogP contribution < -0.4 is 9.64 Å². The first-order valence-electron chi connectivity index (χ1n) is 13.7. The first-order valence-corrected chi connectivity index (χ1v) is 13.7. The van der Waals surface area contributed by atoms with Crippen LogP contribution in [-0.4, -0.2) is 26.0 Å². The van der Waals surface area contributed by atoms with Crippen molar-refractivity contribution in [2.24, 2.45) is 4.99 Å². The highest BCUT2D eigenvalue weighted by atomic mass is 19.1. The molecule has 0 N–H and O–H groups in total. The highest BCUT2D eigenvalue weighted by molar-refractivity contribution is 6.14. The average molecular weight is 551 g/mol. The summed E-state index contributed by atoms with van der Waals surface area (Å²) in [6.45, 7) is 8.50. The maximum atomic E-state index is 15.3. The number of para-hydroxylation sites is 1. The van der Waals surface area contributed by atoms with Crippen molar-refractivity contribution in [2.75, 3.05) is 19.1 Å². The number of nitrogens with zero attached hydrogens (tertiary/aromatic N) is 2. The topological polar surface area (TPSA) is 51.1 Å². The van der Waals surface area contributed by atoms with Gasteiger partial charge in [0.25, 0.3) is 0 Å². The Kier molecular flexibility index (Phi) is 7.68. The summed E-state index contributed by atoms with van der Waals surface area (Å²) in [5.74, 6) is 0.298. The van der Waals surface area contributed by atoms with Crippen LogP contribution in [0.1, 0.15) is 55.5 Å². The number of carbonyl (C=O) groups excluding carboxylic acids is 1. The summed E-state index contributed by atoms with van der Waals surface area (Å²) in [5, 5.41) is 0. The molecule has 1 atom stereocenters. The van der Waals surface area contributed by atoms with Crippen LogP contribution in [0.2, 0.25) is 0 Å². The van der Waals surface area contributed by atoms with Crippen molar-refractivity contribution in [3.05, 3.63) is 113 Å². The lowest BCUT2D eigenvalue weighted by atomic mass is 9.86. The Morgan fingerprint density at radius 3 is 2.27 bits per heavy atom. The van der Waals surface area contributed by atoms with Gasteiger partial charge >= 0.3 is 5.97 Å². The second kappa shape index (κ2) is 11.2. The molecule has 1 unspecified atom stereocenters. The molecule has 1 aliphatic rings. The fourth-order valence-corrected chi connectivity index (χ4v) is 5.27. The minimum absolute atomic E-state index is 0.00372. The van der Waals surface area contributed by atoms with Gasteiger partial charge in [0.1, 0.15) is 23.1 Å². The van der Waals surface area contributed by atoms with E-state index in [1.54, 1.807) is 13.2 Å². The Balaban J connectivity index is 1.74. The van der Waals surface area contributed by atoms with Gasteiger partial charge in [0.2, 0.25) is 0 Å². The average Bonchev–Trinajstić information content (AvgIpc) is 2.96. The van der Waals surface area contributed by atoms with Crippen LogP contribution in [0.5, 0.6) is 5.75 Å². The molecule has 0 amide bonds. The molecule has 5 rings (SSSR count). The number of ether oxygens (including phenoxy) is 2. The lowest BCUT2D eigenvalue weighted by molar-refractivity contribution is -0.141. The quantitative estimate of drug-likeness (QED) is 0.227. The fourth-order valence-electron chi connectivity index (χ4n) is 5.27. The summed E-state index contributed by atoms with van der Waals surface area (Å²) >= 11 is 0. The van der Waals surface area contributed by atoms with Gasteiger partial charge in [-0.15, -0.1) is 0 Å². The van der Waals surface area contributed by atoms with E-state index >= 15 is 4.39 Å². The molecule has 1 heterocycles. The zero-order valence-electron chi connectivity index (χ0n) is 24.4. The predicted octanol–water partition coefficient (Wildman–Crippen LogP) is 8.31. The molecule has 0 saturated carbocycles. The van der Waals surface area contributed by atoms with E-state index in [0.717, 1.165) is 27.9 Å². The van der Waals surface area contributed by atoms with Gasteiger partial charge in [0.05, 0.1) is 32.4 Å². The Hall–Kier alpha value is -4.45. The molecule has 4 aromatic carbocycles. The molecule has 1 aliphatic heterocycles. The number of halogens is 1. The van der Waals surface area contributed by atoms with Gasteiger partial charge in [-0.2, -0.15) is 0 Å².